The predicted molar refractivity (Wildman–Crippen MR) is 99.4 cm³/mol. The van der Waals surface area contributed by atoms with E-state index in [0.717, 1.165) is 13.1 Å². The highest BCUT2D eigenvalue weighted by atomic mass is 16.2. The van der Waals surface area contributed by atoms with Crippen LogP contribution in [0.25, 0.3) is 0 Å². The molecule has 0 aromatic heterocycles. The van der Waals surface area contributed by atoms with E-state index in [2.05, 4.69) is 16.0 Å². The summed E-state index contributed by atoms with van der Waals surface area (Å²) in [7, 11) is 0. The second kappa shape index (κ2) is 7.87. The fourth-order valence-electron chi connectivity index (χ4n) is 3.36. The van der Waals surface area contributed by atoms with Crippen LogP contribution in [0.2, 0.25) is 0 Å². The van der Waals surface area contributed by atoms with E-state index in [9.17, 15) is 19.2 Å². The van der Waals surface area contributed by atoms with E-state index in [0.29, 0.717) is 30.6 Å². The van der Waals surface area contributed by atoms with E-state index in [1.807, 2.05) is 13.8 Å². The zero-order chi connectivity index (χ0) is 19.6. The number of urea groups is 1. The number of carbonyl (C=O) groups excluding carboxylic acids is 4. The van der Waals surface area contributed by atoms with Crippen molar-refractivity contribution in [3.8, 4) is 0 Å². The highest BCUT2D eigenvalue weighted by Crippen LogP contribution is 2.26. The van der Waals surface area contributed by atoms with Gasteiger partial charge in [-0.3, -0.25) is 24.6 Å². The van der Waals surface area contributed by atoms with Gasteiger partial charge >= 0.3 is 6.03 Å². The quantitative estimate of drug-likeness (QED) is 0.696. The molecule has 144 valence electrons. The topological polar surface area (TPSA) is 108 Å². The molecule has 2 aliphatic rings. The third kappa shape index (κ3) is 4.16. The van der Waals surface area contributed by atoms with Crippen LogP contribution in [0.3, 0.4) is 0 Å². The Hall–Kier alpha value is -2.74. The van der Waals surface area contributed by atoms with Gasteiger partial charge in [0.05, 0.1) is 11.1 Å². The summed E-state index contributed by atoms with van der Waals surface area (Å²) in [4.78, 5) is 50.3. The van der Waals surface area contributed by atoms with E-state index < -0.39 is 6.03 Å². The molecule has 2 aliphatic heterocycles. The first-order valence-corrected chi connectivity index (χ1v) is 9.19. The summed E-state index contributed by atoms with van der Waals surface area (Å²) in [6.45, 7) is 5.72. The van der Waals surface area contributed by atoms with Crippen molar-refractivity contribution in [2.75, 3.05) is 25.0 Å². The van der Waals surface area contributed by atoms with Gasteiger partial charge < -0.3 is 10.6 Å². The summed E-state index contributed by atoms with van der Waals surface area (Å²) in [5.41, 5.74) is 0.956. The van der Waals surface area contributed by atoms with E-state index in [-0.39, 0.29) is 35.1 Å². The number of nitrogens with one attached hydrogen (secondary N) is 3. The molecule has 0 unspecified atom stereocenters. The highest BCUT2D eigenvalue weighted by Gasteiger charge is 2.35. The van der Waals surface area contributed by atoms with Crippen molar-refractivity contribution in [3.05, 3.63) is 29.3 Å². The largest absolute Gasteiger partial charge is 0.325 e. The first kappa shape index (κ1) is 19.0. The maximum absolute atomic E-state index is 12.5. The Bertz CT molecular complexity index is 784. The van der Waals surface area contributed by atoms with Gasteiger partial charge in [0.15, 0.2) is 0 Å². The Balaban J connectivity index is 1.65. The molecule has 0 radical (unpaired) electrons. The Morgan fingerprint density at radius 3 is 2.48 bits per heavy atom. The summed E-state index contributed by atoms with van der Waals surface area (Å²) in [5.74, 6) is -0.999. The number of piperidine rings is 1. The van der Waals surface area contributed by atoms with Crippen LogP contribution >= 0.6 is 0 Å². The van der Waals surface area contributed by atoms with Gasteiger partial charge in [0.2, 0.25) is 5.91 Å². The lowest BCUT2D eigenvalue weighted by Crippen LogP contribution is -2.42. The van der Waals surface area contributed by atoms with Crippen LogP contribution in [0.4, 0.5) is 10.5 Å². The number of anilines is 1. The third-order valence-corrected chi connectivity index (χ3v) is 4.72. The lowest BCUT2D eigenvalue weighted by atomic mass is 9.97. The van der Waals surface area contributed by atoms with Crippen molar-refractivity contribution in [2.24, 2.45) is 11.8 Å². The first-order chi connectivity index (χ1) is 12.9. The van der Waals surface area contributed by atoms with Crippen LogP contribution in [0.5, 0.6) is 0 Å². The summed E-state index contributed by atoms with van der Waals surface area (Å²) in [6.07, 6.45) is 1.39. The van der Waals surface area contributed by atoms with Crippen molar-refractivity contribution >= 4 is 29.4 Å². The van der Waals surface area contributed by atoms with E-state index in [1.165, 1.54) is 17.0 Å². The van der Waals surface area contributed by atoms with Gasteiger partial charge in [-0.2, -0.15) is 0 Å². The number of hydrogen-bond acceptors (Lipinski definition) is 5. The lowest BCUT2D eigenvalue weighted by molar-refractivity contribution is -0.124. The molecule has 3 rings (SSSR count). The van der Waals surface area contributed by atoms with E-state index in [4.69, 9.17) is 0 Å². The fraction of sp³-hybridized carbons (Fsp3) is 0.474. The van der Waals surface area contributed by atoms with Gasteiger partial charge in [0, 0.05) is 18.2 Å². The number of benzene rings is 1. The maximum atomic E-state index is 12.5. The van der Waals surface area contributed by atoms with E-state index >= 15 is 0 Å². The molecule has 0 atom stereocenters. The van der Waals surface area contributed by atoms with Crippen molar-refractivity contribution < 1.29 is 19.2 Å². The van der Waals surface area contributed by atoms with Gasteiger partial charge in [-0.1, -0.05) is 13.8 Å². The molecule has 8 nitrogen and oxygen atoms in total. The summed E-state index contributed by atoms with van der Waals surface area (Å²) >= 11 is 0. The van der Waals surface area contributed by atoms with Gasteiger partial charge in [0.1, 0.15) is 0 Å². The molecule has 5 amide bonds. The molecule has 1 aromatic carbocycles. The smallest absolute Gasteiger partial charge is 0.317 e. The number of hydrogen-bond donors (Lipinski definition) is 3. The Kier molecular flexibility index (Phi) is 5.55. The standard InChI is InChI=1S/C19H24N4O4/c1-11(2)10-23-17(25)14-4-3-13(9-15(14)18(23)26)21-19(27)22-16(24)12-5-7-20-8-6-12/h3-4,9,11-12,20H,5-8,10H2,1-2H3,(H2,21,22,24,27). The molecule has 0 saturated carbocycles. The molecule has 1 fully saturated rings. The molecule has 1 saturated heterocycles. The summed E-state index contributed by atoms with van der Waals surface area (Å²) in [5, 5.41) is 8.07. The van der Waals surface area contributed by atoms with Crippen molar-refractivity contribution in [1.29, 1.82) is 0 Å². The molecule has 2 heterocycles. The van der Waals surface area contributed by atoms with Crippen LogP contribution in [-0.2, 0) is 4.79 Å². The van der Waals surface area contributed by atoms with Crippen molar-refractivity contribution in [1.82, 2.24) is 15.5 Å². The second-order valence-electron chi connectivity index (χ2n) is 7.34. The van der Waals surface area contributed by atoms with Gasteiger partial charge in [0.25, 0.3) is 11.8 Å². The molecule has 27 heavy (non-hydrogen) atoms. The van der Waals surface area contributed by atoms with Gasteiger partial charge in [-0.25, -0.2) is 4.79 Å². The first-order valence-electron chi connectivity index (χ1n) is 9.19. The SMILES string of the molecule is CC(C)CN1C(=O)c2ccc(NC(=O)NC(=O)C3CCNCC3)cc2C1=O. The van der Waals surface area contributed by atoms with Crippen molar-refractivity contribution in [2.45, 2.75) is 26.7 Å². The summed E-state index contributed by atoms with van der Waals surface area (Å²) in [6, 6.07) is 3.91. The highest BCUT2D eigenvalue weighted by molar-refractivity contribution is 6.22. The van der Waals surface area contributed by atoms with Gasteiger partial charge in [-0.15, -0.1) is 0 Å². The minimum absolute atomic E-state index is 0.164. The maximum Gasteiger partial charge on any atom is 0.325 e. The zero-order valence-corrected chi connectivity index (χ0v) is 15.5. The minimum Gasteiger partial charge on any atom is -0.317 e. The van der Waals surface area contributed by atoms with Crippen LogP contribution in [0.1, 0.15) is 47.4 Å². The fourth-order valence-corrected chi connectivity index (χ4v) is 3.36. The molecule has 0 bridgehead atoms. The average Bonchev–Trinajstić information content (AvgIpc) is 2.86. The number of rotatable bonds is 4. The lowest BCUT2D eigenvalue weighted by Gasteiger charge is -2.21. The number of carbonyl (C=O) groups is 4. The summed E-state index contributed by atoms with van der Waals surface area (Å²) < 4.78 is 0. The van der Waals surface area contributed by atoms with E-state index in [1.54, 1.807) is 6.07 Å². The Morgan fingerprint density at radius 1 is 1.15 bits per heavy atom. The Labute approximate surface area is 157 Å². The van der Waals surface area contributed by atoms with Gasteiger partial charge in [-0.05, 0) is 50.0 Å². The number of imide groups is 2. The average molecular weight is 372 g/mol. The van der Waals surface area contributed by atoms with Crippen LogP contribution in [0, 0.1) is 11.8 Å². The molecule has 0 aliphatic carbocycles. The predicted octanol–water partition coefficient (Wildman–Crippen LogP) is 1.59. The molecular weight excluding hydrogens is 348 g/mol. The molecule has 1 aromatic rings. The third-order valence-electron chi connectivity index (χ3n) is 4.72. The number of fused-ring (bicyclic) bond motifs is 1. The molecular formula is C19H24N4O4. The van der Waals surface area contributed by atoms with Crippen molar-refractivity contribution in [3.63, 3.8) is 0 Å². The minimum atomic E-state index is -0.644. The molecule has 8 heteroatoms. The number of nitrogens with zero attached hydrogens (tertiary/aromatic N) is 1. The van der Waals surface area contributed by atoms with Crippen LogP contribution in [-0.4, -0.2) is 48.3 Å². The normalized spacial score (nSPS) is 17.2. The number of amides is 5. The molecule has 3 N–H and O–H groups in total. The monoisotopic (exact) mass is 372 g/mol. The zero-order valence-electron chi connectivity index (χ0n) is 15.5. The van der Waals surface area contributed by atoms with Crippen LogP contribution in [0.15, 0.2) is 18.2 Å². The Morgan fingerprint density at radius 2 is 1.81 bits per heavy atom. The molecule has 0 spiro atoms. The second-order valence-corrected chi connectivity index (χ2v) is 7.34. The van der Waals surface area contributed by atoms with Crippen LogP contribution < -0.4 is 16.0 Å².